The molecule has 4 aromatic carbocycles. The molecular formula is C35H39BrNO6-. The van der Waals surface area contributed by atoms with Crippen molar-refractivity contribution in [2.24, 2.45) is 0 Å². The molecule has 43 heavy (non-hydrogen) atoms. The van der Waals surface area contributed by atoms with E-state index in [1.165, 1.54) is 5.56 Å². The molecule has 0 spiro atoms. The van der Waals surface area contributed by atoms with E-state index in [9.17, 15) is 9.59 Å². The Labute approximate surface area is 265 Å². The van der Waals surface area contributed by atoms with Gasteiger partial charge in [-0.15, -0.1) is 0 Å². The van der Waals surface area contributed by atoms with E-state index < -0.39 is 11.9 Å². The molecule has 0 aliphatic carbocycles. The highest BCUT2D eigenvalue weighted by molar-refractivity contribution is 5.92. The van der Waals surface area contributed by atoms with Crippen LogP contribution in [-0.4, -0.2) is 39.8 Å². The standard InChI is InChI=1S/C33H33NO6.C2H6.BrH/c1-22-23(2)31(19-18-30(22)39-32(35)25-8-14-28(37-5)15-9-25)40-33(36)26-10-16-29(17-11-26)38-21-20-24-6-12-27(13-7-24)34(3)4;1-2;/h6-19H,20-21H2,1-5H3;1-2H3;1H/p-1. The van der Waals surface area contributed by atoms with Gasteiger partial charge in [-0.1, -0.05) is 26.0 Å². The maximum absolute atomic E-state index is 12.8. The lowest BCUT2D eigenvalue weighted by atomic mass is 10.1. The van der Waals surface area contributed by atoms with Crippen LogP contribution in [0.2, 0.25) is 0 Å². The third-order valence-corrected chi connectivity index (χ3v) is 6.62. The Morgan fingerprint density at radius 1 is 0.651 bits per heavy atom. The Morgan fingerprint density at radius 3 is 1.51 bits per heavy atom. The summed E-state index contributed by atoms with van der Waals surface area (Å²) in [5.74, 6) is 1.15. The highest BCUT2D eigenvalue weighted by atomic mass is 79.9. The lowest BCUT2D eigenvalue weighted by molar-refractivity contribution is -0.0000344. The summed E-state index contributed by atoms with van der Waals surface area (Å²) < 4.78 is 22.2. The molecule has 0 N–H and O–H groups in total. The van der Waals surface area contributed by atoms with Crippen molar-refractivity contribution in [3.8, 4) is 23.0 Å². The third-order valence-electron chi connectivity index (χ3n) is 6.62. The molecule has 0 aliphatic rings. The zero-order chi connectivity index (χ0) is 30.6. The van der Waals surface area contributed by atoms with Crippen LogP contribution in [0.1, 0.15) is 51.3 Å². The molecule has 228 valence electrons. The van der Waals surface area contributed by atoms with Crippen molar-refractivity contribution in [2.45, 2.75) is 34.1 Å². The average Bonchev–Trinajstić information content (AvgIpc) is 3.02. The molecule has 7 nitrogen and oxygen atoms in total. The normalized spacial score (nSPS) is 9.93. The summed E-state index contributed by atoms with van der Waals surface area (Å²) in [6.45, 7) is 8.15. The molecule has 0 bridgehead atoms. The minimum atomic E-state index is -0.488. The first-order valence-corrected chi connectivity index (χ1v) is 13.9. The molecule has 8 heteroatoms. The molecule has 0 saturated carbocycles. The average molecular weight is 650 g/mol. The Bertz CT molecular complexity index is 1470. The second kappa shape index (κ2) is 17.0. The number of hydrogen-bond donors (Lipinski definition) is 0. The van der Waals surface area contributed by atoms with Gasteiger partial charge in [0, 0.05) is 26.2 Å². The number of nitrogens with zero attached hydrogens (tertiary/aromatic N) is 1. The molecule has 0 fully saturated rings. The molecule has 0 saturated heterocycles. The summed E-state index contributed by atoms with van der Waals surface area (Å²) in [6.07, 6.45) is 0.779. The number of carbonyl (C=O) groups is 2. The first kappa shape index (κ1) is 34.9. The lowest BCUT2D eigenvalue weighted by Gasteiger charge is -2.14. The van der Waals surface area contributed by atoms with Gasteiger partial charge >= 0.3 is 11.9 Å². The number of rotatable bonds is 10. The largest absolute Gasteiger partial charge is 1.00 e. The Balaban J connectivity index is 0.00000211. The van der Waals surface area contributed by atoms with E-state index in [1.54, 1.807) is 67.8 Å². The summed E-state index contributed by atoms with van der Waals surface area (Å²) >= 11 is 0. The molecule has 4 aromatic rings. The van der Waals surface area contributed by atoms with Gasteiger partial charge in [-0.3, -0.25) is 0 Å². The number of hydrogen-bond acceptors (Lipinski definition) is 7. The first-order valence-electron chi connectivity index (χ1n) is 13.9. The number of carbonyl (C=O) groups excluding carboxylic acids is 2. The van der Waals surface area contributed by atoms with Gasteiger partial charge in [0.05, 0.1) is 24.8 Å². The summed E-state index contributed by atoms with van der Waals surface area (Å²) in [6, 6.07) is 25.1. The lowest BCUT2D eigenvalue weighted by Crippen LogP contribution is -3.00. The van der Waals surface area contributed by atoms with E-state index in [2.05, 4.69) is 29.2 Å². The fourth-order valence-electron chi connectivity index (χ4n) is 3.97. The zero-order valence-electron chi connectivity index (χ0n) is 25.8. The topological polar surface area (TPSA) is 74.3 Å². The highest BCUT2D eigenvalue weighted by Crippen LogP contribution is 2.30. The van der Waals surface area contributed by atoms with Crippen LogP contribution in [0.4, 0.5) is 5.69 Å². The van der Waals surface area contributed by atoms with Crippen molar-refractivity contribution in [2.75, 3.05) is 32.7 Å². The van der Waals surface area contributed by atoms with Crippen molar-refractivity contribution >= 4 is 17.6 Å². The van der Waals surface area contributed by atoms with Gasteiger partial charge in [-0.2, -0.15) is 0 Å². The van der Waals surface area contributed by atoms with Crippen LogP contribution in [0.5, 0.6) is 23.0 Å². The predicted octanol–water partition coefficient (Wildman–Crippen LogP) is 4.47. The van der Waals surface area contributed by atoms with Crippen LogP contribution in [0, 0.1) is 13.8 Å². The molecule has 4 rings (SSSR count). The molecule has 0 radical (unpaired) electrons. The van der Waals surface area contributed by atoms with Crippen LogP contribution in [0.25, 0.3) is 0 Å². The van der Waals surface area contributed by atoms with Crippen molar-refractivity contribution in [3.05, 3.63) is 113 Å². The van der Waals surface area contributed by atoms with Crippen LogP contribution in [-0.2, 0) is 6.42 Å². The summed E-state index contributed by atoms with van der Waals surface area (Å²) in [5.41, 5.74) is 4.55. The van der Waals surface area contributed by atoms with Crippen LogP contribution in [0.3, 0.4) is 0 Å². The number of methoxy groups -OCH3 is 1. The van der Waals surface area contributed by atoms with Gasteiger partial charge in [0.15, 0.2) is 0 Å². The fraction of sp³-hybridized carbons (Fsp3) is 0.257. The van der Waals surface area contributed by atoms with Crippen molar-refractivity contribution in [1.82, 2.24) is 0 Å². The quantitative estimate of drug-likeness (QED) is 0.186. The minimum absolute atomic E-state index is 0. The van der Waals surface area contributed by atoms with Gasteiger partial charge in [0.2, 0.25) is 0 Å². The minimum Gasteiger partial charge on any atom is -1.00 e. The van der Waals surface area contributed by atoms with Crippen molar-refractivity contribution in [1.29, 1.82) is 0 Å². The van der Waals surface area contributed by atoms with E-state index in [0.717, 1.165) is 12.1 Å². The molecule has 0 unspecified atom stereocenters. The molecule has 0 atom stereocenters. The fourth-order valence-corrected chi connectivity index (χ4v) is 3.97. The monoisotopic (exact) mass is 648 g/mol. The molecule has 0 heterocycles. The number of anilines is 1. The Hall–Kier alpha value is -4.30. The van der Waals surface area contributed by atoms with Gasteiger partial charge < -0.3 is 40.8 Å². The molecule has 0 aliphatic heterocycles. The summed E-state index contributed by atoms with van der Waals surface area (Å²) in [5, 5.41) is 0. The van der Waals surface area contributed by atoms with Gasteiger partial charge in [0.1, 0.15) is 23.0 Å². The second-order valence-corrected chi connectivity index (χ2v) is 9.50. The summed E-state index contributed by atoms with van der Waals surface area (Å²) in [7, 11) is 5.59. The van der Waals surface area contributed by atoms with E-state index >= 15 is 0 Å². The Morgan fingerprint density at radius 2 is 1.09 bits per heavy atom. The number of esters is 2. The Kier molecular flexibility index (Phi) is 13.8. The van der Waals surface area contributed by atoms with E-state index in [4.69, 9.17) is 18.9 Å². The third kappa shape index (κ3) is 9.61. The number of benzene rings is 4. The summed E-state index contributed by atoms with van der Waals surface area (Å²) in [4.78, 5) is 27.4. The van der Waals surface area contributed by atoms with Crippen LogP contribution in [0.15, 0.2) is 84.9 Å². The molecule has 0 amide bonds. The van der Waals surface area contributed by atoms with Crippen LogP contribution < -0.4 is 40.8 Å². The van der Waals surface area contributed by atoms with Crippen molar-refractivity contribution in [3.63, 3.8) is 0 Å². The van der Waals surface area contributed by atoms with Gasteiger partial charge in [0.25, 0.3) is 0 Å². The van der Waals surface area contributed by atoms with Crippen LogP contribution >= 0.6 is 0 Å². The maximum Gasteiger partial charge on any atom is 0.343 e. The molecular weight excluding hydrogens is 610 g/mol. The number of ether oxygens (including phenoxy) is 4. The highest BCUT2D eigenvalue weighted by Gasteiger charge is 2.16. The van der Waals surface area contributed by atoms with E-state index in [-0.39, 0.29) is 17.0 Å². The molecule has 0 aromatic heterocycles. The number of halogens is 1. The predicted molar refractivity (Wildman–Crippen MR) is 167 cm³/mol. The maximum atomic E-state index is 12.8. The van der Waals surface area contributed by atoms with Crippen molar-refractivity contribution < 1.29 is 45.5 Å². The van der Waals surface area contributed by atoms with Gasteiger partial charge in [-0.25, -0.2) is 9.59 Å². The van der Waals surface area contributed by atoms with E-state index in [1.807, 2.05) is 41.8 Å². The SMILES string of the molecule is CC.COc1ccc(C(=O)Oc2ccc(OC(=O)c3ccc(OCCc4ccc(N(C)C)cc4)cc3)c(C)c2C)cc1.[Br-]. The zero-order valence-corrected chi connectivity index (χ0v) is 27.4. The first-order chi connectivity index (χ1) is 20.2. The van der Waals surface area contributed by atoms with Gasteiger partial charge in [-0.05, 0) is 103 Å². The van der Waals surface area contributed by atoms with E-state index in [0.29, 0.717) is 51.9 Å². The second-order valence-electron chi connectivity index (χ2n) is 9.50. The smallest absolute Gasteiger partial charge is 0.343 e.